The molecule has 40 heavy (non-hydrogen) atoms. The van der Waals surface area contributed by atoms with Crippen LogP contribution in [0.3, 0.4) is 0 Å². The molecule has 5 heterocycles. The van der Waals surface area contributed by atoms with E-state index in [0.717, 1.165) is 30.8 Å². The molecular formula is C19H31N7O12S2. The zero-order chi connectivity index (χ0) is 29.4. The van der Waals surface area contributed by atoms with Crippen LogP contribution in [0, 0.1) is 0 Å². The summed E-state index contributed by atoms with van der Waals surface area (Å²) in [4.78, 5) is 49.9. The lowest BCUT2D eigenvalue weighted by Crippen LogP contribution is -2.53. The average molecular weight is 614 g/mol. The van der Waals surface area contributed by atoms with Crippen molar-refractivity contribution in [3.05, 3.63) is 0 Å². The minimum atomic E-state index is -4.77. The molecule has 0 unspecified atom stereocenters. The summed E-state index contributed by atoms with van der Waals surface area (Å²) < 4.78 is 68.6. The molecule has 4 atom stereocenters. The van der Waals surface area contributed by atoms with E-state index < -0.39 is 62.9 Å². The van der Waals surface area contributed by atoms with Crippen molar-refractivity contribution in [2.24, 2.45) is 5.73 Å². The fraction of sp³-hybridized carbons (Fsp3) is 0.789. The molecule has 4 bridgehead atoms. The highest BCUT2D eigenvalue weighted by Crippen LogP contribution is 2.31. The summed E-state index contributed by atoms with van der Waals surface area (Å²) >= 11 is 0. The Morgan fingerprint density at radius 3 is 1.70 bits per heavy atom. The fourth-order valence-corrected chi connectivity index (χ4v) is 6.27. The van der Waals surface area contributed by atoms with Crippen LogP contribution in [-0.4, -0.2) is 126 Å². The molecule has 0 aromatic heterocycles. The van der Waals surface area contributed by atoms with E-state index in [1.165, 1.54) is 4.90 Å². The van der Waals surface area contributed by atoms with E-state index in [1.54, 1.807) is 0 Å². The van der Waals surface area contributed by atoms with Gasteiger partial charge in [0.15, 0.2) is 0 Å². The van der Waals surface area contributed by atoms with Crippen molar-refractivity contribution in [3.63, 3.8) is 0 Å². The summed E-state index contributed by atoms with van der Waals surface area (Å²) in [5, 5.41) is 7.38. The third-order valence-corrected chi connectivity index (χ3v) is 8.01. The van der Waals surface area contributed by atoms with Crippen molar-refractivity contribution >= 4 is 44.7 Å². The first-order valence-electron chi connectivity index (χ1n) is 12.5. The van der Waals surface area contributed by atoms with Crippen molar-refractivity contribution in [2.75, 3.05) is 26.2 Å². The smallest absolute Gasteiger partial charge is 0.368 e. The lowest BCUT2D eigenvalue weighted by molar-refractivity contribution is -0.127. The molecular weight excluding hydrogens is 582 g/mol. The number of fused-ring (bicyclic) bond motifs is 4. The average Bonchev–Trinajstić information content (AvgIpc) is 3.23. The normalized spacial score (nSPS) is 28.9. The second-order valence-corrected chi connectivity index (χ2v) is 12.0. The van der Waals surface area contributed by atoms with Crippen LogP contribution >= 0.6 is 0 Å². The van der Waals surface area contributed by atoms with Gasteiger partial charge < -0.3 is 26.2 Å². The number of piperidine rings is 3. The second-order valence-electron chi connectivity index (χ2n) is 9.96. The number of hydroxylamine groups is 4. The number of carbonyl (C=O) groups excluding carboxylic acids is 4. The van der Waals surface area contributed by atoms with Gasteiger partial charge in [-0.2, -0.15) is 27.0 Å². The van der Waals surface area contributed by atoms with E-state index in [4.69, 9.17) is 14.8 Å². The highest BCUT2D eigenvalue weighted by atomic mass is 32.3. The first kappa shape index (κ1) is 30.1. The number of carbonyl (C=O) groups is 4. The van der Waals surface area contributed by atoms with Gasteiger partial charge in [0.25, 0.3) is 0 Å². The molecule has 0 radical (unpaired) electrons. The summed E-state index contributed by atoms with van der Waals surface area (Å²) in [5.74, 6) is -0.872. The van der Waals surface area contributed by atoms with Gasteiger partial charge in [0.05, 0.1) is 12.1 Å². The van der Waals surface area contributed by atoms with Crippen molar-refractivity contribution in [2.45, 2.75) is 68.7 Å². The maximum absolute atomic E-state index is 12.4. The van der Waals surface area contributed by atoms with Gasteiger partial charge in [0.1, 0.15) is 12.1 Å². The molecule has 6 N–H and O–H groups in total. The zero-order valence-corrected chi connectivity index (χ0v) is 22.8. The van der Waals surface area contributed by atoms with Crippen LogP contribution in [0.15, 0.2) is 0 Å². The number of nitrogens with zero attached hydrogens (tertiary/aromatic N) is 4. The van der Waals surface area contributed by atoms with Gasteiger partial charge in [-0.25, -0.2) is 9.59 Å². The van der Waals surface area contributed by atoms with Crippen LogP contribution in [0.1, 0.15) is 38.5 Å². The van der Waals surface area contributed by atoms with Gasteiger partial charge in [-0.3, -0.25) is 18.7 Å². The number of amides is 6. The number of hydrogen-bond donors (Lipinski definition) is 5. The standard InChI is InChI=1S/C12H20N4O6S.C7H11N3O6S/c17-11(14-8-3-5-13-6-4-8)10-2-1-9-7-15(10)12(18)16(9)22-23(19,20)21;8-6(11)5-2-1-4-3-9(5)7(12)10(4)16-17(13,14)15/h8-10,13H,1-7H2,(H,14,17)(H,19,20,21);4-5H,1-3H2,(H2,8,11)(H,13,14,15)/t9-,10+;4-,5+/m11/s1. The van der Waals surface area contributed by atoms with Crippen LogP contribution in [0.5, 0.6) is 0 Å². The Morgan fingerprint density at radius 1 is 0.800 bits per heavy atom. The quantitative estimate of drug-likeness (QED) is 0.184. The highest BCUT2D eigenvalue weighted by Gasteiger charge is 2.50. The predicted molar refractivity (Wildman–Crippen MR) is 130 cm³/mol. The third kappa shape index (κ3) is 6.90. The molecule has 0 aliphatic carbocycles. The van der Waals surface area contributed by atoms with Gasteiger partial charge >= 0.3 is 32.9 Å². The van der Waals surface area contributed by atoms with Gasteiger partial charge in [-0.1, -0.05) is 0 Å². The molecule has 6 amide bonds. The molecule has 5 aliphatic rings. The summed E-state index contributed by atoms with van der Waals surface area (Å²) in [6.07, 6.45) is 3.27. The monoisotopic (exact) mass is 613 g/mol. The maximum Gasteiger partial charge on any atom is 0.418 e. The van der Waals surface area contributed by atoms with E-state index in [9.17, 15) is 36.0 Å². The van der Waals surface area contributed by atoms with Gasteiger partial charge in [0.2, 0.25) is 11.8 Å². The van der Waals surface area contributed by atoms with Crippen molar-refractivity contribution in [1.82, 2.24) is 30.6 Å². The Labute approximate surface area is 229 Å². The third-order valence-electron chi connectivity index (χ3n) is 7.31. The number of nitrogens with two attached hydrogens (primary N) is 1. The van der Waals surface area contributed by atoms with Crippen LogP contribution < -0.4 is 16.4 Å². The molecule has 5 aliphatic heterocycles. The molecule has 5 fully saturated rings. The summed E-state index contributed by atoms with van der Waals surface area (Å²) in [7, 11) is -9.52. The van der Waals surface area contributed by atoms with Crippen LogP contribution in [0.2, 0.25) is 0 Å². The summed E-state index contributed by atoms with van der Waals surface area (Å²) in [6.45, 7) is 2.05. The SMILES string of the molecule is NC(=O)[C@@H]1CC[C@@H]2CN1C(=O)N2OS(=O)(=O)O.O=C(NC1CCNCC1)[C@@H]1CC[C@@H]2CN1C(=O)N2OS(=O)(=O)O. The predicted octanol–water partition coefficient (Wildman–Crippen LogP) is -2.67. The molecule has 5 rings (SSSR count). The van der Waals surface area contributed by atoms with E-state index >= 15 is 0 Å². The van der Waals surface area contributed by atoms with E-state index in [0.29, 0.717) is 35.8 Å². The van der Waals surface area contributed by atoms with Gasteiger partial charge in [0, 0.05) is 19.1 Å². The molecule has 21 heteroatoms. The minimum absolute atomic E-state index is 0.0874. The fourth-order valence-electron chi connectivity index (χ4n) is 5.50. The molecule has 0 saturated carbocycles. The number of primary amides is 1. The highest BCUT2D eigenvalue weighted by molar-refractivity contribution is 7.81. The number of hydrogen-bond acceptors (Lipinski definition) is 11. The van der Waals surface area contributed by atoms with Gasteiger partial charge in [-0.15, -0.1) is 8.57 Å². The van der Waals surface area contributed by atoms with Crippen LogP contribution in [-0.2, 0) is 39.0 Å². The number of nitrogens with one attached hydrogen (secondary N) is 2. The first-order chi connectivity index (χ1) is 18.6. The molecule has 0 spiro atoms. The van der Waals surface area contributed by atoms with E-state index in [-0.39, 0.29) is 25.0 Å². The Morgan fingerprint density at radius 2 is 1.25 bits per heavy atom. The Balaban J connectivity index is 0.000000194. The molecule has 0 aromatic carbocycles. The molecule has 19 nitrogen and oxygen atoms in total. The van der Waals surface area contributed by atoms with Crippen LogP contribution in [0.4, 0.5) is 9.59 Å². The summed E-state index contributed by atoms with van der Waals surface area (Å²) in [6, 6.07) is -3.78. The molecule has 5 saturated heterocycles. The van der Waals surface area contributed by atoms with Gasteiger partial charge in [-0.05, 0) is 51.6 Å². The summed E-state index contributed by atoms with van der Waals surface area (Å²) in [5.41, 5.74) is 5.13. The number of urea groups is 2. The van der Waals surface area contributed by atoms with Crippen molar-refractivity contribution in [3.8, 4) is 0 Å². The Hall–Kier alpha value is -2.82. The van der Waals surface area contributed by atoms with Crippen LogP contribution in [0.25, 0.3) is 0 Å². The maximum atomic E-state index is 12.4. The van der Waals surface area contributed by atoms with E-state index in [2.05, 4.69) is 19.2 Å². The number of rotatable bonds is 7. The Kier molecular flexibility index (Phi) is 8.73. The lowest BCUT2D eigenvalue weighted by Gasteiger charge is -2.32. The minimum Gasteiger partial charge on any atom is -0.368 e. The topological polar surface area (TPSA) is 259 Å². The lowest BCUT2D eigenvalue weighted by atomic mass is 9.99. The van der Waals surface area contributed by atoms with Crippen molar-refractivity contribution < 1.29 is 53.7 Å². The first-order valence-corrected chi connectivity index (χ1v) is 15.2. The Bertz CT molecular complexity index is 1240. The van der Waals surface area contributed by atoms with Crippen molar-refractivity contribution in [1.29, 1.82) is 0 Å². The second kappa shape index (κ2) is 11.6. The molecule has 0 aromatic rings. The molecule has 226 valence electrons. The largest absolute Gasteiger partial charge is 0.418 e. The van der Waals surface area contributed by atoms with E-state index in [1.807, 2.05) is 0 Å². The zero-order valence-electron chi connectivity index (χ0n) is 21.1.